The Morgan fingerprint density at radius 3 is 3.00 bits per heavy atom. The molecule has 0 bridgehead atoms. The van der Waals surface area contributed by atoms with Crippen molar-refractivity contribution in [1.29, 1.82) is 0 Å². The van der Waals surface area contributed by atoms with Gasteiger partial charge >= 0.3 is 0 Å². The van der Waals surface area contributed by atoms with Crippen LogP contribution in [0.5, 0.6) is 0 Å². The maximum Gasteiger partial charge on any atom is 0.246 e. The van der Waals surface area contributed by atoms with Crippen LogP contribution < -0.4 is 10.2 Å². The number of carbonyl (C=O) groups is 1. The van der Waals surface area contributed by atoms with E-state index in [1.54, 1.807) is 6.26 Å². The van der Waals surface area contributed by atoms with Crippen molar-refractivity contribution in [1.82, 2.24) is 5.32 Å². The fourth-order valence-electron chi connectivity index (χ4n) is 2.99. The third-order valence-electron chi connectivity index (χ3n) is 4.10. The molecule has 5 nitrogen and oxygen atoms in total. The van der Waals surface area contributed by atoms with E-state index in [1.807, 2.05) is 25.1 Å². The molecular formula is C18H22N2O3. The van der Waals surface area contributed by atoms with Gasteiger partial charge in [-0.3, -0.25) is 4.79 Å². The molecule has 2 aromatic rings. The average Bonchev–Trinajstić information content (AvgIpc) is 3.24. The molecule has 1 N–H and O–H groups in total. The molecule has 1 amide bonds. The van der Waals surface area contributed by atoms with E-state index in [4.69, 9.17) is 9.15 Å². The second-order valence-corrected chi connectivity index (χ2v) is 5.54. The zero-order valence-electron chi connectivity index (χ0n) is 13.3. The Bertz CT molecular complexity index is 639. The van der Waals surface area contributed by atoms with Gasteiger partial charge in [0.05, 0.1) is 6.26 Å². The number of amides is 1. The van der Waals surface area contributed by atoms with Crippen LogP contribution in [0, 0.1) is 0 Å². The molecule has 1 aliphatic rings. The molecule has 1 aromatic heterocycles. The van der Waals surface area contributed by atoms with Gasteiger partial charge in [0.25, 0.3) is 0 Å². The van der Waals surface area contributed by atoms with Crippen molar-refractivity contribution < 1.29 is 13.9 Å². The molecule has 0 aliphatic carbocycles. The first-order chi connectivity index (χ1) is 11.3. The number of furan rings is 1. The minimum Gasteiger partial charge on any atom is -0.467 e. The summed E-state index contributed by atoms with van der Waals surface area (Å²) in [7, 11) is 0. The van der Waals surface area contributed by atoms with Crippen LogP contribution in [0.4, 0.5) is 5.69 Å². The lowest BCUT2D eigenvalue weighted by Gasteiger charge is -2.29. The fraction of sp³-hybridized carbons (Fsp3) is 0.389. The van der Waals surface area contributed by atoms with Gasteiger partial charge in [-0.2, -0.15) is 0 Å². The molecule has 0 fully saturated rings. The lowest BCUT2D eigenvalue weighted by Crippen LogP contribution is -2.38. The minimum atomic E-state index is -0.101. The van der Waals surface area contributed by atoms with E-state index < -0.39 is 0 Å². The summed E-state index contributed by atoms with van der Waals surface area (Å²) >= 11 is 0. The van der Waals surface area contributed by atoms with E-state index in [-0.39, 0.29) is 18.6 Å². The fourth-order valence-corrected chi connectivity index (χ4v) is 2.99. The Hall–Kier alpha value is -2.27. The number of carbonyl (C=O) groups excluding carboxylic acids is 1. The summed E-state index contributed by atoms with van der Waals surface area (Å²) in [6, 6.07) is 12.2. The highest BCUT2D eigenvalue weighted by Crippen LogP contribution is 2.34. The molecule has 2 heterocycles. The van der Waals surface area contributed by atoms with E-state index >= 15 is 0 Å². The largest absolute Gasteiger partial charge is 0.467 e. The first kappa shape index (κ1) is 15.6. The van der Waals surface area contributed by atoms with Crippen molar-refractivity contribution in [3.63, 3.8) is 0 Å². The number of fused-ring (bicyclic) bond motifs is 1. The van der Waals surface area contributed by atoms with Crippen LogP contribution in [0.3, 0.4) is 0 Å². The minimum absolute atomic E-state index is 0.0146. The normalized spacial score (nSPS) is 14.6. The Kier molecular flexibility index (Phi) is 4.98. The Morgan fingerprint density at radius 2 is 2.22 bits per heavy atom. The quantitative estimate of drug-likeness (QED) is 0.853. The van der Waals surface area contributed by atoms with Gasteiger partial charge in [-0.15, -0.1) is 0 Å². The van der Waals surface area contributed by atoms with Crippen LogP contribution in [0.25, 0.3) is 0 Å². The second kappa shape index (κ2) is 7.33. The lowest BCUT2D eigenvalue weighted by atomic mass is 10.1. The first-order valence-electron chi connectivity index (χ1n) is 8.02. The summed E-state index contributed by atoms with van der Waals surface area (Å²) in [6.45, 7) is 3.92. The SMILES string of the molecule is CCOCC(=O)NC[C@@H](c1ccco1)N1CCc2ccccc21. The van der Waals surface area contributed by atoms with Crippen LogP contribution in [-0.2, 0) is 16.0 Å². The highest BCUT2D eigenvalue weighted by Gasteiger charge is 2.28. The van der Waals surface area contributed by atoms with Crippen molar-refractivity contribution in [2.45, 2.75) is 19.4 Å². The molecule has 1 aliphatic heterocycles. The van der Waals surface area contributed by atoms with Crippen molar-refractivity contribution in [2.75, 3.05) is 31.2 Å². The maximum absolute atomic E-state index is 11.9. The van der Waals surface area contributed by atoms with E-state index in [9.17, 15) is 4.79 Å². The molecule has 122 valence electrons. The van der Waals surface area contributed by atoms with Crippen LogP contribution >= 0.6 is 0 Å². The molecule has 1 aromatic carbocycles. The molecule has 1 atom stereocenters. The molecule has 23 heavy (non-hydrogen) atoms. The Labute approximate surface area is 136 Å². The van der Waals surface area contributed by atoms with E-state index in [2.05, 4.69) is 28.4 Å². The summed E-state index contributed by atoms with van der Waals surface area (Å²) in [5, 5.41) is 2.95. The van der Waals surface area contributed by atoms with Gasteiger partial charge in [0.2, 0.25) is 5.91 Å². The number of anilines is 1. The van der Waals surface area contributed by atoms with E-state index in [0.717, 1.165) is 18.7 Å². The van der Waals surface area contributed by atoms with Gasteiger partial charge < -0.3 is 19.4 Å². The predicted octanol–water partition coefficient (Wildman–Crippen LogP) is 2.54. The molecule has 0 unspecified atom stereocenters. The molecular weight excluding hydrogens is 292 g/mol. The van der Waals surface area contributed by atoms with Gasteiger partial charge in [-0.25, -0.2) is 0 Å². The van der Waals surface area contributed by atoms with Crippen LogP contribution in [-0.4, -0.2) is 32.2 Å². The van der Waals surface area contributed by atoms with Gasteiger partial charge in [0, 0.05) is 25.4 Å². The number of hydrogen-bond acceptors (Lipinski definition) is 4. The zero-order chi connectivity index (χ0) is 16.1. The van der Waals surface area contributed by atoms with Gasteiger partial charge in [-0.1, -0.05) is 18.2 Å². The topological polar surface area (TPSA) is 54.7 Å². The van der Waals surface area contributed by atoms with E-state index in [0.29, 0.717) is 13.2 Å². The Balaban J connectivity index is 1.74. The van der Waals surface area contributed by atoms with Crippen molar-refractivity contribution >= 4 is 11.6 Å². The zero-order valence-corrected chi connectivity index (χ0v) is 13.3. The summed E-state index contributed by atoms with van der Waals surface area (Å²) < 4.78 is 10.8. The molecule has 3 rings (SSSR count). The summed E-state index contributed by atoms with van der Waals surface area (Å²) in [5.41, 5.74) is 2.55. The molecule has 5 heteroatoms. The number of ether oxygens (including phenoxy) is 1. The molecule has 0 radical (unpaired) electrons. The highest BCUT2D eigenvalue weighted by atomic mass is 16.5. The third-order valence-corrected chi connectivity index (χ3v) is 4.10. The Morgan fingerprint density at radius 1 is 1.35 bits per heavy atom. The smallest absolute Gasteiger partial charge is 0.246 e. The maximum atomic E-state index is 11.9. The number of para-hydroxylation sites is 1. The van der Waals surface area contributed by atoms with Crippen molar-refractivity contribution in [3.05, 3.63) is 54.0 Å². The average molecular weight is 314 g/mol. The van der Waals surface area contributed by atoms with Gasteiger partial charge in [0.15, 0.2) is 0 Å². The number of hydrogen-bond donors (Lipinski definition) is 1. The molecule has 0 saturated heterocycles. The van der Waals surface area contributed by atoms with Gasteiger partial charge in [-0.05, 0) is 37.1 Å². The highest BCUT2D eigenvalue weighted by molar-refractivity contribution is 5.77. The number of nitrogens with one attached hydrogen (secondary N) is 1. The first-order valence-corrected chi connectivity index (χ1v) is 8.02. The molecule has 0 saturated carbocycles. The summed E-state index contributed by atoms with van der Waals surface area (Å²) in [5.74, 6) is 0.759. The van der Waals surface area contributed by atoms with Gasteiger partial charge in [0.1, 0.15) is 18.4 Å². The van der Waals surface area contributed by atoms with Crippen LogP contribution in [0.2, 0.25) is 0 Å². The van der Waals surface area contributed by atoms with E-state index in [1.165, 1.54) is 11.3 Å². The number of rotatable bonds is 7. The van der Waals surface area contributed by atoms with Crippen LogP contribution in [0.15, 0.2) is 47.1 Å². The number of benzene rings is 1. The third kappa shape index (κ3) is 3.56. The summed E-state index contributed by atoms with van der Waals surface area (Å²) in [4.78, 5) is 14.2. The lowest BCUT2D eigenvalue weighted by molar-refractivity contribution is -0.125. The van der Waals surface area contributed by atoms with Crippen molar-refractivity contribution in [3.8, 4) is 0 Å². The molecule has 0 spiro atoms. The monoisotopic (exact) mass is 314 g/mol. The van der Waals surface area contributed by atoms with Crippen molar-refractivity contribution in [2.24, 2.45) is 0 Å². The van der Waals surface area contributed by atoms with Crippen LogP contribution in [0.1, 0.15) is 24.3 Å². The number of nitrogens with zero attached hydrogens (tertiary/aromatic N) is 1. The summed E-state index contributed by atoms with van der Waals surface area (Å²) in [6.07, 6.45) is 2.69. The second-order valence-electron chi connectivity index (χ2n) is 5.54. The standard InChI is InChI=1S/C18H22N2O3/c1-2-22-13-18(21)19-12-16(17-8-5-11-23-17)20-10-9-14-6-3-4-7-15(14)20/h3-8,11,16H,2,9-10,12-13H2,1H3,(H,19,21)/t16-/m0/s1. The predicted molar refractivity (Wildman–Crippen MR) is 88.4 cm³/mol.